The van der Waals surface area contributed by atoms with Gasteiger partial charge < -0.3 is 14.2 Å². The van der Waals surface area contributed by atoms with Gasteiger partial charge in [-0.15, -0.1) is 0 Å². The molecule has 0 rings (SSSR count). The molecule has 0 aromatic carbocycles. The minimum atomic E-state index is -0.791. The predicted octanol–water partition coefficient (Wildman–Crippen LogP) is 23.6. The Bertz CT molecular complexity index is 1670. The Labute approximate surface area is 501 Å². The van der Waals surface area contributed by atoms with E-state index in [1.54, 1.807) is 0 Å². The Morgan fingerprint density at radius 2 is 0.481 bits per heavy atom. The van der Waals surface area contributed by atoms with Crippen molar-refractivity contribution >= 4 is 17.9 Å². The van der Waals surface area contributed by atoms with Crippen molar-refractivity contribution < 1.29 is 28.6 Å². The van der Waals surface area contributed by atoms with E-state index in [1.807, 2.05) is 0 Å². The van der Waals surface area contributed by atoms with Crippen molar-refractivity contribution in [3.63, 3.8) is 0 Å². The number of rotatable bonds is 61. The summed E-state index contributed by atoms with van der Waals surface area (Å²) in [7, 11) is 0. The summed E-state index contributed by atoms with van der Waals surface area (Å²) in [5.74, 6) is -0.902. The molecule has 6 nitrogen and oxygen atoms in total. The molecule has 1 unspecified atom stereocenters. The molecule has 462 valence electrons. The van der Waals surface area contributed by atoms with Crippen LogP contribution in [0.3, 0.4) is 0 Å². The third-order valence-electron chi connectivity index (χ3n) is 14.5. The molecule has 0 radical (unpaired) electrons. The number of hydrogen-bond donors (Lipinski definition) is 0. The Morgan fingerprint density at radius 3 is 0.753 bits per heavy atom. The molecule has 0 aliphatic rings. The van der Waals surface area contributed by atoms with E-state index in [0.29, 0.717) is 19.3 Å². The first-order chi connectivity index (χ1) is 40.0. The van der Waals surface area contributed by atoms with Crippen molar-refractivity contribution in [3.8, 4) is 0 Å². The van der Waals surface area contributed by atoms with E-state index in [1.165, 1.54) is 141 Å². The number of carbonyl (C=O) groups is 3. The van der Waals surface area contributed by atoms with Gasteiger partial charge in [0.15, 0.2) is 6.10 Å². The van der Waals surface area contributed by atoms with E-state index in [-0.39, 0.29) is 31.1 Å². The van der Waals surface area contributed by atoms with Crippen LogP contribution in [-0.4, -0.2) is 37.2 Å². The minimum absolute atomic E-state index is 0.0856. The zero-order chi connectivity index (χ0) is 58.5. The van der Waals surface area contributed by atoms with E-state index in [4.69, 9.17) is 14.2 Å². The number of esters is 3. The van der Waals surface area contributed by atoms with Gasteiger partial charge in [-0.1, -0.05) is 303 Å². The fourth-order valence-electron chi connectivity index (χ4n) is 9.37. The third-order valence-corrected chi connectivity index (χ3v) is 14.5. The maximum Gasteiger partial charge on any atom is 0.306 e. The first kappa shape index (κ1) is 76.8. The lowest BCUT2D eigenvalue weighted by atomic mass is 10.0. The molecule has 0 aliphatic heterocycles. The summed E-state index contributed by atoms with van der Waals surface area (Å²) in [6.07, 6.45) is 95.0. The molecule has 0 saturated heterocycles. The standard InChI is InChI=1S/C75H126O6/c1-4-7-10-13-16-19-22-24-26-28-30-32-34-36-37-39-40-42-44-46-48-50-53-56-59-62-65-68-74(77)80-71-72(70-79-73(76)67-64-61-58-55-52-21-18-15-12-9-6-3)81-75(78)69-66-63-60-57-54-51-49-47-45-43-41-38-35-33-31-29-27-25-23-20-17-14-11-8-5-2/h7,10,16,19,23-26,29-32,35-38,40,42,46,48,72H,4-6,8-9,11-15,17-18,20-22,27-28,33-34,39,41,43-45,47,49-71H2,1-3H3/b10-7-,19-16-,25-23-,26-24-,31-29-,32-30-,37-36-,38-35-,42-40-,48-46-. The molecule has 81 heavy (non-hydrogen) atoms. The Balaban J connectivity index is 4.33. The van der Waals surface area contributed by atoms with Crippen molar-refractivity contribution in [1.82, 2.24) is 0 Å². The largest absolute Gasteiger partial charge is 0.462 e. The van der Waals surface area contributed by atoms with Crippen molar-refractivity contribution in [3.05, 3.63) is 122 Å². The summed E-state index contributed by atoms with van der Waals surface area (Å²) in [5, 5.41) is 0. The maximum absolute atomic E-state index is 12.9. The van der Waals surface area contributed by atoms with Gasteiger partial charge in [0.2, 0.25) is 0 Å². The first-order valence-electron chi connectivity index (χ1n) is 34.0. The van der Waals surface area contributed by atoms with Crippen LogP contribution in [0, 0.1) is 0 Å². The van der Waals surface area contributed by atoms with E-state index in [9.17, 15) is 14.4 Å². The molecule has 0 aromatic heterocycles. The summed E-state index contributed by atoms with van der Waals surface area (Å²) < 4.78 is 16.9. The smallest absolute Gasteiger partial charge is 0.306 e. The normalized spacial score (nSPS) is 12.9. The molecule has 0 fully saturated rings. The van der Waals surface area contributed by atoms with Crippen LogP contribution in [0.5, 0.6) is 0 Å². The molecule has 6 heteroatoms. The van der Waals surface area contributed by atoms with Gasteiger partial charge in [-0.2, -0.15) is 0 Å². The highest BCUT2D eigenvalue weighted by molar-refractivity contribution is 5.71. The van der Waals surface area contributed by atoms with Crippen LogP contribution in [-0.2, 0) is 28.6 Å². The highest BCUT2D eigenvalue weighted by atomic mass is 16.6. The van der Waals surface area contributed by atoms with E-state index in [0.717, 1.165) is 135 Å². The summed E-state index contributed by atoms with van der Waals surface area (Å²) >= 11 is 0. The highest BCUT2D eigenvalue weighted by Gasteiger charge is 2.19. The van der Waals surface area contributed by atoms with E-state index < -0.39 is 6.10 Å². The highest BCUT2D eigenvalue weighted by Crippen LogP contribution is 2.16. The van der Waals surface area contributed by atoms with E-state index in [2.05, 4.69) is 142 Å². The SMILES string of the molecule is CC/C=C\C/C=C\C/C=C\C/C=C\C/C=C\C/C=C\C/C=C\CCCCCCCC(=O)OCC(COC(=O)CCCCCCCCCCCCC)OC(=O)CCCCCCCCCCCC/C=C\C/C=C\C/C=C\CCCCCCC. The van der Waals surface area contributed by atoms with Gasteiger partial charge in [0.1, 0.15) is 13.2 Å². The molecular formula is C75H126O6. The van der Waals surface area contributed by atoms with Gasteiger partial charge in [-0.3, -0.25) is 14.4 Å². The van der Waals surface area contributed by atoms with Gasteiger partial charge in [0.25, 0.3) is 0 Å². The quantitative estimate of drug-likeness (QED) is 0.0261. The lowest BCUT2D eigenvalue weighted by Gasteiger charge is -2.18. The zero-order valence-corrected chi connectivity index (χ0v) is 53.0. The molecular weight excluding hydrogens is 997 g/mol. The number of ether oxygens (including phenoxy) is 3. The Morgan fingerprint density at radius 1 is 0.259 bits per heavy atom. The summed E-state index contributed by atoms with van der Waals surface area (Å²) in [6, 6.07) is 0. The molecule has 0 saturated carbocycles. The fourth-order valence-corrected chi connectivity index (χ4v) is 9.37. The molecule has 0 N–H and O–H groups in total. The second-order valence-electron chi connectivity index (χ2n) is 22.4. The molecule has 0 spiro atoms. The predicted molar refractivity (Wildman–Crippen MR) is 353 cm³/mol. The molecule has 0 amide bonds. The van der Waals surface area contributed by atoms with Gasteiger partial charge in [0.05, 0.1) is 0 Å². The lowest BCUT2D eigenvalue weighted by Crippen LogP contribution is -2.30. The van der Waals surface area contributed by atoms with Crippen LogP contribution in [0.25, 0.3) is 0 Å². The second kappa shape index (κ2) is 68.3. The molecule has 0 aliphatic carbocycles. The van der Waals surface area contributed by atoms with E-state index >= 15 is 0 Å². The van der Waals surface area contributed by atoms with Crippen LogP contribution >= 0.6 is 0 Å². The number of unbranched alkanes of at least 4 members (excludes halogenated alkanes) is 30. The molecule has 0 heterocycles. The second-order valence-corrected chi connectivity index (χ2v) is 22.4. The molecule has 0 aromatic rings. The zero-order valence-electron chi connectivity index (χ0n) is 53.0. The third kappa shape index (κ3) is 66.5. The Hall–Kier alpha value is -4.19. The maximum atomic E-state index is 12.9. The summed E-state index contributed by atoms with van der Waals surface area (Å²) in [4.78, 5) is 38.3. The lowest BCUT2D eigenvalue weighted by molar-refractivity contribution is -0.167. The minimum Gasteiger partial charge on any atom is -0.462 e. The fraction of sp³-hybridized carbons (Fsp3) is 0.693. The van der Waals surface area contributed by atoms with Crippen LogP contribution in [0.2, 0.25) is 0 Å². The van der Waals surface area contributed by atoms with Gasteiger partial charge in [0, 0.05) is 19.3 Å². The van der Waals surface area contributed by atoms with Crippen LogP contribution < -0.4 is 0 Å². The van der Waals surface area contributed by atoms with Crippen LogP contribution in [0.15, 0.2) is 122 Å². The number of allylic oxidation sites excluding steroid dienone is 20. The monoisotopic (exact) mass is 1120 g/mol. The number of hydrogen-bond acceptors (Lipinski definition) is 6. The van der Waals surface area contributed by atoms with Crippen molar-refractivity contribution in [2.45, 2.75) is 322 Å². The van der Waals surface area contributed by atoms with Crippen molar-refractivity contribution in [2.75, 3.05) is 13.2 Å². The van der Waals surface area contributed by atoms with Gasteiger partial charge >= 0.3 is 17.9 Å². The average molecular weight is 1120 g/mol. The van der Waals surface area contributed by atoms with Crippen LogP contribution in [0.1, 0.15) is 316 Å². The van der Waals surface area contributed by atoms with Gasteiger partial charge in [-0.05, 0) is 116 Å². The number of carbonyl (C=O) groups excluding carboxylic acids is 3. The topological polar surface area (TPSA) is 78.9 Å². The first-order valence-corrected chi connectivity index (χ1v) is 34.0. The summed E-state index contributed by atoms with van der Waals surface area (Å²) in [6.45, 7) is 6.51. The van der Waals surface area contributed by atoms with Gasteiger partial charge in [-0.25, -0.2) is 0 Å². The summed E-state index contributed by atoms with van der Waals surface area (Å²) in [5.41, 5.74) is 0. The van der Waals surface area contributed by atoms with Crippen LogP contribution in [0.4, 0.5) is 0 Å². The Kier molecular flexibility index (Phi) is 64.8. The average Bonchev–Trinajstić information content (AvgIpc) is 3.47. The molecule has 0 bridgehead atoms. The van der Waals surface area contributed by atoms with Crippen molar-refractivity contribution in [2.24, 2.45) is 0 Å². The molecule has 1 atom stereocenters. The van der Waals surface area contributed by atoms with Crippen molar-refractivity contribution in [1.29, 1.82) is 0 Å².